The molecule has 7 heteroatoms. The Morgan fingerprint density at radius 1 is 1.31 bits per heavy atom. The zero-order valence-corrected chi connectivity index (χ0v) is 15.9. The maximum Gasteiger partial charge on any atom is 0.272 e. The summed E-state index contributed by atoms with van der Waals surface area (Å²) in [6.45, 7) is 8.19. The van der Waals surface area contributed by atoms with E-state index in [1.165, 1.54) is 11.4 Å². The van der Waals surface area contributed by atoms with Gasteiger partial charge in [0.25, 0.3) is 5.91 Å². The molecule has 0 atom stereocenters. The Hall–Kier alpha value is -2.15. The molecule has 0 bridgehead atoms. The predicted molar refractivity (Wildman–Crippen MR) is 98.7 cm³/mol. The largest absolute Gasteiger partial charge is 0.348 e. The Labute approximate surface area is 154 Å². The van der Waals surface area contributed by atoms with Crippen molar-refractivity contribution in [2.45, 2.75) is 38.6 Å². The fourth-order valence-corrected chi connectivity index (χ4v) is 4.59. The molecular formula is C19H28N6O. The second-order valence-corrected chi connectivity index (χ2v) is 8.03. The molecule has 1 amide bonds. The van der Waals surface area contributed by atoms with Crippen LogP contribution < -0.4 is 0 Å². The molecule has 0 aromatic carbocycles. The fourth-order valence-electron chi connectivity index (χ4n) is 4.59. The zero-order chi connectivity index (χ0) is 18.3. The monoisotopic (exact) mass is 356 g/mol. The first-order valence-corrected chi connectivity index (χ1v) is 9.54. The van der Waals surface area contributed by atoms with Crippen LogP contribution in [0.2, 0.25) is 0 Å². The minimum Gasteiger partial charge on any atom is -0.348 e. The highest BCUT2D eigenvalue weighted by atomic mass is 16.2. The molecule has 7 nitrogen and oxygen atoms in total. The van der Waals surface area contributed by atoms with E-state index in [4.69, 9.17) is 4.98 Å². The number of fused-ring (bicyclic) bond motifs is 2. The van der Waals surface area contributed by atoms with E-state index >= 15 is 0 Å². The van der Waals surface area contributed by atoms with Crippen LogP contribution >= 0.6 is 0 Å². The zero-order valence-electron chi connectivity index (χ0n) is 15.9. The van der Waals surface area contributed by atoms with Gasteiger partial charge in [0.2, 0.25) is 0 Å². The second kappa shape index (κ2) is 6.54. The number of piperidine rings is 1. The minimum atomic E-state index is -0.0406. The van der Waals surface area contributed by atoms with Crippen LogP contribution in [-0.2, 0) is 19.0 Å². The van der Waals surface area contributed by atoms with Gasteiger partial charge in [-0.1, -0.05) is 13.8 Å². The summed E-state index contributed by atoms with van der Waals surface area (Å²) in [6, 6.07) is 0. The lowest BCUT2D eigenvalue weighted by Gasteiger charge is -2.51. The Kier molecular flexibility index (Phi) is 4.34. The standard InChI is InChI=1S/C19H28N6O/c1-14(2)11-25-7-4-15-17(22-12-21-15)19(25)5-8-24(9-6-19)18(26)16-10-20-13-23(16)3/h10,12-14H,4-9,11H2,1-3H3,(H,21,22). The van der Waals surface area contributed by atoms with Crippen LogP contribution in [0.25, 0.3) is 0 Å². The number of imidazole rings is 2. The number of aromatic nitrogens is 4. The summed E-state index contributed by atoms with van der Waals surface area (Å²) in [5.74, 6) is 0.690. The third-order valence-electron chi connectivity index (χ3n) is 5.90. The van der Waals surface area contributed by atoms with Crippen molar-refractivity contribution >= 4 is 5.91 Å². The normalized spacial score (nSPS) is 19.9. The third-order valence-corrected chi connectivity index (χ3v) is 5.90. The summed E-state index contributed by atoms with van der Waals surface area (Å²) in [7, 11) is 1.87. The molecule has 1 spiro atoms. The SMILES string of the molecule is CC(C)CN1CCc2[nH]cnc2C12CCN(C(=O)c1cncn1C)CC2. The Balaban J connectivity index is 1.57. The lowest BCUT2D eigenvalue weighted by atomic mass is 9.78. The van der Waals surface area contributed by atoms with Gasteiger partial charge in [-0.3, -0.25) is 9.69 Å². The number of aryl methyl sites for hydroxylation is 1. The van der Waals surface area contributed by atoms with Crippen molar-refractivity contribution in [1.82, 2.24) is 29.3 Å². The molecule has 4 rings (SSSR count). The number of amides is 1. The van der Waals surface area contributed by atoms with Crippen molar-refractivity contribution in [1.29, 1.82) is 0 Å². The van der Waals surface area contributed by atoms with Crippen molar-refractivity contribution in [3.63, 3.8) is 0 Å². The smallest absolute Gasteiger partial charge is 0.272 e. The number of likely N-dealkylation sites (tertiary alicyclic amines) is 1. The average molecular weight is 356 g/mol. The molecule has 2 aromatic heterocycles. The van der Waals surface area contributed by atoms with Gasteiger partial charge in [0.05, 0.1) is 30.1 Å². The first kappa shape index (κ1) is 17.3. The number of nitrogens with one attached hydrogen (secondary N) is 1. The topological polar surface area (TPSA) is 70.1 Å². The lowest BCUT2D eigenvalue weighted by molar-refractivity contribution is 0.000364. The number of hydrogen-bond donors (Lipinski definition) is 1. The number of aromatic amines is 1. The molecule has 2 aliphatic rings. The molecule has 26 heavy (non-hydrogen) atoms. The number of H-pyrrole nitrogens is 1. The number of carbonyl (C=O) groups excluding carboxylic acids is 1. The predicted octanol–water partition coefficient (Wildman–Crippen LogP) is 1.79. The number of carbonyl (C=O) groups is 1. The first-order valence-electron chi connectivity index (χ1n) is 9.54. The van der Waals surface area contributed by atoms with Crippen LogP contribution in [0.3, 0.4) is 0 Å². The van der Waals surface area contributed by atoms with E-state index in [2.05, 4.69) is 28.7 Å². The minimum absolute atomic E-state index is 0.0406. The molecule has 2 aromatic rings. The van der Waals surface area contributed by atoms with Gasteiger partial charge in [0.1, 0.15) is 5.69 Å². The van der Waals surface area contributed by atoms with E-state index in [9.17, 15) is 4.79 Å². The van der Waals surface area contributed by atoms with Gasteiger partial charge in [0.15, 0.2) is 0 Å². The van der Waals surface area contributed by atoms with Crippen LogP contribution in [0.1, 0.15) is 48.6 Å². The molecule has 1 fully saturated rings. The van der Waals surface area contributed by atoms with Gasteiger partial charge in [-0.15, -0.1) is 0 Å². The van der Waals surface area contributed by atoms with Gasteiger partial charge in [0, 0.05) is 45.3 Å². The molecule has 0 unspecified atom stereocenters. The summed E-state index contributed by atoms with van der Waals surface area (Å²) in [6.07, 6.45) is 8.06. The molecule has 4 heterocycles. The number of nitrogens with zero attached hydrogens (tertiary/aromatic N) is 5. The van der Waals surface area contributed by atoms with Crippen LogP contribution in [0.4, 0.5) is 0 Å². The van der Waals surface area contributed by atoms with E-state index in [1.54, 1.807) is 17.1 Å². The van der Waals surface area contributed by atoms with Crippen LogP contribution in [0.5, 0.6) is 0 Å². The molecule has 2 aliphatic heterocycles. The van der Waals surface area contributed by atoms with E-state index in [1.807, 2.05) is 18.3 Å². The van der Waals surface area contributed by atoms with Crippen molar-refractivity contribution in [2.75, 3.05) is 26.2 Å². The van der Waals surface area contributed by atoms with Crippen LogP contribution in [0.15, 0.2) is 18.9 Å². The van der Waals surface area contributed by atoms with Crippen LogP contribution in [-0.4, -0.2) is 61.4 Å². The van der Waals surface area contributed by atoms with Gasteiger partial charge in [-0.05, 0) is 18.8 Å². The van der Waals surface area contributed by atoms with E-state index < -0.39 is 0 Å². The quantitative estimate of drug-likeness (QED) is 0.910. The first-order chi connectivity index (χ1) is 12.5. The van der Waals surface area contributed by atoms with Gasteiger partial charge in [-0.25, -0.2) is 9.97 Å². The fraction of sp³-hybridized carbons (Fsp3) is 0.632. The highest BCUT2D eigenvalue weighted by Crippen LogP contribution is 2.42. The van der Waals surface area contributed by atoms with Crippen molar-refractivity contribution < 1.29 is 4.79 Å². The van der Waals surface area contributed by atoms with Gasteiger partial charge in [-0.2, -0.15) is 0 Å². The Morgan fingerprint density at radius 2 is 2.08 bits per heavy atom. The molecule has 1 N–H and O–H groups in total. The van der Waals surface area contributed by atoms with Crippen LogP contribution in [0, 0.1) is 5.92 Å². The van der Waals surface area contributed by atoms with Crippen molar-refractivity contribution in [3.05, 3.63) is 35.9 Å². The summed E-state index contributed by atoms with van der Waals surface area (Å²) in [5, 5.41) is 0. The molecule has 1 saturated heterocycles. The summed E-state index contributed by atoms with van der Waals surface area (Å²) >= 11 is 0. The molecule has 0 saturated carbocycles. The highest BCUT2D eigenvalue weighted by Gasteiger charge is 2.47. The van der Waals surface area contributed by atoms with E-state index in [-0.39, 0.29) is 11.4 Å². The van der Waals surface area contributed by atoms with Gasteiger partial charge >= 0.3 is 0 Å². The highest BCUT2D eigenvalue weighted by molar-refractivity contribution is 5.92. The van der Waals surface area contributed by atoms with Crippen molar-refractivity contribution in [2.24, 2.45) is 13.0 Å². The van der Waals surface area contributed by atoms with E-state index in [0.29, 0.717) is 11.6 Å². The lowest BCUT2D eigenvalue weighted by Crippen LogP contribution is -2.57. The summed E-state index contributed by atoms with van der Waals surface area (Å²) in [5.41, 5.74) is 3.10. The summed E-state index contributed by atoms with van der Waals surface area (Å²) in [4.78, 5) is 29.6. The molecule has 140 valence electrons. The Bertz CT molecular complexity index is 784. The maximum atomic E-state index is 12.8. The molecule has 0 radical (unpaired) electrons. The molecular weight excluding hydrogens is 328 g/mol. The maximum absolute atomic E-state index is 12.8. The Morgan fingerprint density at radius 3 is 2.73 bits per heavy atom. The van der Waals surface area contributed by atoms with Gasteiger partial charge < -0.3 is 14.5 Å². The van der Waals surface area contributed by atoms with Crippen molar-refractivity contribution in [3.8, 4) is 0 Å². The number of rotatable bonds is 3. The van der Waals surface area contributed by atoms with E-state index in [0.717, 1.165) is 45.4 Å². The third kappa shape index (κ3) is 2.74. The number of hydrogen-bond acceptors (Lipinski definition) is 4. The second-order valence-electron chi connectivity index (χ2n) is 8.03. The average Bonchev–Trinajstić information content (AvgIpc) is 3.26. The molecule has 0 aliphatic carbocycles. The summed E-state index contributed by atoms with van der Waals surface area (Å²) < 4.78 is 1.80.